The average molecular weight is 280 g/mol. The zero-order valence-electron chi connectivity index (χ0n) is 12.8. The van der Waals surface area contributed by atoms with Crippen LogP contribution in [-0.2, 0) is 13.5 Å². The molecule has 1 aromatic heterocycles. The minimum Gasteiger partial charge on any atom is -0.493 e. The number of hydrogen-bond donors (Lipinski definition) is 0. The quantitative estimate of drug-likeness (QED) is 0.726. The number of benzene rings is 2. The van der Waals surface area contributed by atoms with Crippen LogP contribution in [0.2, 0.25) is 0 Å². The van der Waals surface area contributed by atoms with Crippen molar-refractivity contribution < 1.29 is 4.74 Å². The molecule has 1 heterocycles. The molecule has 0 N–H and O–H groups in total. The summed E-state index contributed by atoms with van der Waals surface area (Å²) in [4.78, 5) is 0. The van der Waals surface area contributed by atoms with E-state index in [2.05, 4.69) is 55.3 Å². The highest BCUT2D eigenvalue weighted by Crippen LogP contribution is 2.21. The van der Waals surface area contributed by atoms with Gasteiger partial charge in [-0.15, -0.1) is 0 Å². The van der Waals surface area contributed by atoms with E-state index < -0.39 is 0 Å². The number of ether oxygens (including phenoxy) is 1. The molecule has 0 unspecified atom stereocenters. The second-order valence-electron chi connectivity index (χ2n) is 5.38. The maximum atomic E-state index is 5.90. The first-order valence-electron chi connectivity index (χ1n) is 7.26. The molecule has 0 amide bonds. The number of nitrogens with zero attached hydrogens (tertiary/aromatic N) is 2. The van der Waals surface area contributed by atoms with E-state index in [4.69, 9.17) is 4.74 Å². The molecular formula is C18H20N2O. The van der Waals surface area contributed by atoms with Crippen molar-refractivity contribution in [1.29, 1.82) is 0 Å². The second-order valence-corrected chi connectivity index (χ2v) is 5.38. The predicted octanol–water partition coefficient (Wildman–Crippen LogP) is 3.81. The Bertz CT molecular complexity index is 774. The van der Waals surface area contributed by atoms with E-state index in [0.29, 0.717) is 6.61 Å². The van der Waals surface area contributed by atoms with Gasteiger partial charge in [-0.1, -0.05) is 30.3 Å². The Kier molecular flexibility index (Phi) is 3.65. The van der Waals surface area contributed by atoms with Crippen molar-refractivity contribution in [3.05, 3.63) is 59.4 Å². The minimum atomic E-state index is 0.672. The van der Waals surface area contributed by atoms with Gasteiger partial charge in [0.2, 0.25) is 0 Å². The molecule has 0 fully saturated rings. The molecule has 0 aliphatic rings. The van der Waals surface area contributed by atoms with Crippen molar-refractivity contribution >= 4 is 10.8 Å². The average Bonchev–Trinajstić information content (AvgIpc) is 2.73. The Hall–Kier alpha value is -2.29. The van der Waals surface area contributed by atoms with E-state index in [1.54, 1.807) is 0 Å². The Labute approximate surface area is 125 Å². The number of fused-ring (bicyclic) bond motifs is 1. The van der Waals surface area contributed by atoms with Gasteiger partial charge in [-0.3, -0.25) is 4.68 Å². The standard InChI is InChI=1S/C18H20N2O/c1-13-18(14(2)20(3)19-13)10-11-21-17-9-8-15-6-4-5-7-16(15)12-17/h4-9,12H,10-11H2,1-3H3. The van der Waals surface area contributed by atoms with Gasteiger partial charge in [0.05, 0.1) is 12.3 Å². The third-order valence-corrected chi connectivity index (χ3v) is 4.00. The number of aromatic nitrogens is 2. The lowest BCUT2D eigenvalue weighted by molar-refractivity contribution is 0.322. The lowest BCUT2D eigenvalue weighted by Gasteiger charge is -2.08. The molecule has 108 valence electrons. The molecule has 0 spiro atoms. The van der Waals surface area contributed by atoms with Crippen molar-refractivity contribution in [2.75, 3.05) is 6.61 Å². The Morgan fingerprint density at radius 3 is 2.52 bits per heavy atom. The highest BCUT2D eigenvalue weighted by atomic mass is 16.5. The van der Waals surface area contributed by atoms with Crippen LogP contribution in [0.1, 0.15) is 17.0 Å². The molecule has 2 aromatic carbocycles. The number of rotatable bonds is 4. The maximum Gasteiger partial charge on any atom is 0.119 e. The first kappa shape index (κ1) is 13.7. The summed E-state index contributed by atoms with van der Waals surface area (Å²) in [7, 11) is 1.98. The highest BCUT2D eigenvalue weighted by Gasteiger charge is 2.09. The van der Waals surface area contributed by atoms with Crippen LogP contribution in [0.3, 0.4) is 0 Å². The van der Waals surface area contributed by atoms with Crippen molar-refractivity contribution in [1.82, 2.24) is 9.78 Å². The number of hydrogen-bond acceptors (Lipinski definition) is 2. The van der Waals surface area contributed by atoms with Crippen LogP contribution in [0.25, 0.3) is 10.8 Å². The fraction of sp³-hybridized carbons (Fsp3) is 0.278. The SMILES string of the molecule is Cc1nn(C)c(C)c1CCOc1ccc2ccccc2c1. The van der Waals surface area contributed by atoms with E-state index in [0.717, 1.165) is 17.9 Å². The normalized spacial score (nSPS) is 11.0. The van der Waals surface area contributed by atoms with Crippen LogP contribution < -0.4 is 4.74 Å². The van der Waals surface area contributed by atoms with Gasteiger partial charge in [0.1, 0.15) is 5.75 Å². The molecule has 0 aliphatic heterocycles. The van der Waals surface area contributed by atoms with E-state index >= 15 is 0 Å². The van der Waals surface area contributed by atoms with Gasteiger partial charge in [-0.05, 0) is 42.3 Å². The van der Waals surface area contributed by atoms with Crippen molar-refractivity contribution in [2.24, 2.45) is 7.05 Å². The van der Waals surface area contributed by atoms with Crippen molar-refractivity contribution in [3.63, 3.8) is 0 Å². The van der Waals surface area contributed by atoms with Gasteiger partial charge in [-0.25, -0.2) is 0 Å². The first-order chi connectivity index (χ1) is 10.1. The van der Waals surface area contributed by atoms with Crippen LogP contribution in [0.15, 0.2) is 42.5 Å². The fourth-order valence-corrected chi connectivity index (χ4v) is 2.71. The molecule has 0 bridgehead atoms. The summed E-state index contributed by atoms with van der Waals surface area (Å²) < 4.78 is 7.83. The highest BCUT2D eigenvalue weighted by molar-refractivity contribution is 5.83. The molecule has 3 aromatic rings. The van der Waals surface area contributed by atoms with Gasteiger partial charge >= 0.3 is 0 Å². The van der Waals surface area contributed by atoms with Gasteiger partial charge in [0.15, 0.2) is 0 Å². The molecule has 0 saturated heterocycles. The van der Waals surface area contributed by atoms with Gasteiger partial charge in [0.25, 0.3) is 0 Å². The first-order valence-corrected chi connectivity index (χ1v) is 7.26. The van der Waals surface area contributed by atoms with Crippen molar-refractivity contribution in [3.8, 4) is 5.75 Å². The number of aryl methyl sites for hydroxylation is 2. The molecule has 0 radical (unpaired) electrons. The Morgan fingerprint density at radius 1 is 1.05 bits per heavy atom. The van der Waals surface area contributed by atoms with E-state index in [-0.39, 0.29) is 0 Å². The Morgan fingerprint density at radius 2 is 1.81 bits per heavy atom. The predicted molar refractivity (Wildman–Crippen MR) is 85.8 cm³/mol. The Balaban J connectivity index is 1.69. The van der Waals surface area contributed by atoms with Crippen LogP contribution in [0.5, 0.6) is 5.75 Å². The summed E-state index contributed by atoms with van der Waals surface area (Å²) in [5.74, 6) is 0.924. The molecule has 0 atom stereocenters. The molecule has 3 heteroatoms. The molecule has 3 rings (SSSR count). The van der Waals surface area contributed by atoms with Crippen molar-refractivity contribution in [2.45, 2.75) is 20.3 Å². The van der Waals surface area contributed by atoms with Gasteiger partial charge in [-0.2, -0.15) is 5.10 Å². The zero-order chi connectivity index (χ0) is 14.8. The van der Waals surface area contributed by atoms with E-state index in [9.17, 15) is 0 Å². The summed E-state index contributed by atoms with van der Waals surface area (Å²) in [5.41, 5.74) is 3.60. The zero-order valence-corrected chi connectivity index (χ0v) is 12.8. The summed E-state index contributed by atoms with van der Waals surface area (Å²) in [5, 5.41) is 6.89. The van der Waals surface area contributed by atoms with Gasteiger partial charge < -0.3 is 4.74 Å². The molecule has 0 aliphatic carbocycles. The monoisotopic (exact) mass is 280 g/mol. The second kappa shape index (κ2) is 5.60. The van der Waals surface area contributed by atoms with E-state index in [1.807, 2.05) is 17.8 Å². The molecular weight excluding hydrogens is 260 g/mol. The summed E-state index contributed by atoms with van der Waals surface area (Å²) >= 11 is 0. The largest absolute Gasteiger partial charge is 0.493 e. The smallest absolute Gasteiger partial charge is 0.119 e. The van der Waals surface area contributed by atoms with Crippen LogP contribution in [0, 0.1) is 13.8 Å². The summed E-state index contributed by atoms with van der Waals surface area (Å²) in [6, 6.07) is 14.6. The lowest BCUT2D eigenvalue weighted by atomic mass is 10.1. The van der Waals surface area contributed by atoms with Crippen LogP contribution in [0.4, 0.5) is 0 Å². The molecule has 3 nitrogen and oxygen atoms in total. The lowest BCUT2D eigenvalue weighted by Crippen LogP contribution is -2.03. The minimum absolute atomic E-state index is 0.672. The molecule has 21 heavy (non-hydrogen) atoms. The summed E-state index contributed by atoms with van der Waals surface area (Å²) in [6.45, 7) is 4.83. The van der Waals surface area contributed by atoms with Crippen LogP contribution >= 0.6 is 0 Å². The maximum absolute atomic E-state index is 5.90. The third kappa shape index (κ3) is 2.77. The summed E-state index contributed by atoms with van der Waals surface area (Å²) in [6.07, 6.45) is 0.887. The third-order valence-electron chi connectivity index (χ3n) is 4.00. The van der Waals surface area contributed by atoms with E-state index in [1.165, 1.54) is 22.0 Å². The van der Waals surface area contributed by atoms with Gasteiger partial charge in [0, 0.05) is 19.2 Å². The topological polar surface area (TPSA) is 27.1 Å². The van der Waals surface area contributed by atoms with Crippen LogP contribution in [-0.4, -0.2) is 16.4 Å². The fourth-order valence-electron chi connectivity index (χ4n) is 2.71. The molecule has 0 saturated carbocycles.